The summed E-state index contributed by atoms with van der Waals surface area (Å²) in [6.07, 6.45) is 0. The third-order valence-electron chi connectivity index (χ3n) is 1.84. The molecule has 0 fully saturated rings. The van der Waals surface area contributed by atoms with Gasteiger partial charge in [0.05, 0.1) is 5.02 Å². The normalized spacial score (nSPS) is 12.1. The summed E-state index contributed by atoms with van der Waals surface area (Å²) in [5, 5.41) is 15.1. The van der Waals surface area contributed by atoms with E-state index in [2.05, 4.69) is 0 Å². The number of aromatic hydroxyl groups is 1. The van der Waals surface area contributed by atoms with Gasteiger partial charge in [-0.1, -0.05) is 11.6 Å². The van der Waals surface area contributed by atoms with Crippen LogP contribution in [0.1, 0.15) is 0 Å². The van der Waals surface area contributed by atoms with E-state index >= 15 is 0 Å². The molecular formula is C8H6ClNO3S2. The lowest BCUT2D eigenvalue weighted by Gasteiger charge is -1.94. The van der Waals surface area contributed by atoms with Crippen molar-refractivity contribution in [3.05, 3.63) is 23.2 Å². The molecule has 0 bridgehead atoms. The number of primary sulfonamides is 1. The average molecular weight is 264 g/mol. The van der Waals surface area contributed by atoms with Crippen LogP contribution >= 0.6 is 22.9 Å². The van der Waals surface area contributed by atoms with Gasteiger partial charge in [-0.3, -0.25) is 0 Å². The minimum atomic E-state index is -3.70. The predicted octanol–water partition coefficient (Wildman–Crippen LogP) is 1.91. The number of hydrogen-bond acceptors (Lipinski definition) is 4. The lowest BCUT2D eigenvalue weighted by Crippen LogP contribution is -2.09. The minimum absolute atomic E-state index is 0.0548. The van der Waals surface area contributed by atoms with Crippen LogP contribution in [0.5, 0.6) is 5.75 Å². The van der Waals surface area contributed by atoms with E-state index in [1.165, 1.54) is 18.2 Å². The highest BCUT2D eigenvalue weighted by molar-refractivity contribution is 7.91. The molecule has 0 radical (unpaired) electrons. The number of thiophene rings is 1. The van der Waals surface area contributed by atoms with Crippen LogP contribution < -0.4 is 5.14 Å². The second-order valence-electron chi connectivity index (χ2n) is 2.95. The smallest absolute Gasteiger partial charge is 0.247 e. The Kier molecular flexibility index (Phi) is 2.38. The Morgan fingerprint density at radius 3 is 2.60 bits per heavy atom. The minimum Gasteiger partial charge on any atom is -0.506 e. The molecule has 15 heavy (non-hydrogen) atoms. The number of halogens is 1. The van der Waals surface area contributed by atoms with Crippen LogP contribution in [0.25, 0.3) is 10.1 Å². The molecular weight excluding hydrogens is 258 g/mol. The van der Waals surface area contributed by atoms with Gasteiger partial charge in [-0.05, 0) is 23.6 Å². The Balaban J connectivity index is 2.77. The first kappa shape index (κ1) is 10.7. The number of benzene rings is 1. The number of sulfonamides is 1. The van der Waals surface area contributed by atoms with Crippen LogP contribution in [0, 0.1) is 0 Å². The molecule has 1 aromatic heterocycles. The van der Waals surface area contributed by atoms with Crippen molar-refractivity contribution in [3.8, 4) is 5.75 Å². The fourth-order valence-electron chi connectivity index (χ4n) is 1.16. The van der Waals surface area contributed by atoms with Crippen LogP contribution in [0.2, 0.25) is 5.02 Å². The molecule has 1 heterocycles. The van der Waals surface area contributed by atoms with Crippen molar-refractivity contribution >= 4 is 43.0 Å². The first-order chi connectivity index (χ1) is 6.88. The van der Waals surface area contributed by atoms with Gasteiger partial charge in [0.15, 0.2) is 0 Å². The zero-order valence-electron chi connectivity index (χ0n) is 7.27. The molecule has 7 heteroatoms. The van der Waals surface area contributed by atoms with Gasteiger partial charge in [-0.15, -0.1) is 11.3 Å². The monoisotopic (exact) mass is 263 g/mol. The lowest BCUT2D eigenvalue weighted by molar-refractivity contribution is 0.476. The number of rotatable bonds is 1. The van der Waals surface area contributed by atoms with Crippen LogP contribution in [-0.2, 0) is 10.0 Å². The summed E-state index contributed by atoms with van der Waals surface area (Å²) in [6, 6.07) is 4.34. The number of phenols is 1. The van der Waals surface area contributed by atoms with E-state index in [-0.39, 0.29) is 15.0 Å². The van der Waals surface area contributed by atoms with Crippen molar-refractivity contribution in [3.63, 3.8) is 0 Å². The summed E-state index contributed by atoms with van der Waals surface area (Å²) in [5.74, 6) is -0.0769. The molecule has 3 N–H and O–H groups in total. The highest BCUT2D eigenvalue weighted by Gasteiger charge is 2.13. The van der Waals surface area contributed by atoms with E-state index in [1.807, 2.05) is 0 Å². The first-order valence-electron chi connectivity index (χ1n) is 3.83. The van der Waals surface area contributed by atoms with E-state index in [9.17, 15) is 13.5 Å². The van der Waals surface area contributed by atoms with Crippen LogP contribution in [0.4, 0.5) is 0 Å². The van der Waals surface area contributed by atoms with Gasteiger partial charge in [0, 0.05) is 4.70 Å². The third-order valence-corrected chi connectivity index (χ3v) is 4.66. The summed E-state index contributed by atoms with van der Waals surface area (Å²) >= 11 is 6.68. The summed E-state index contributed by atoms with van der Waals surface area (Å²) in [7, 11) is -3.70. The Hall–Kier alpha value is -0.820. The second-order valence-corrected chi connectivity index (χ2v) is 6.23. The van der Waals surface area contributed by atoms with E-state index < -0.39 is 10.0 Å². The largest absolute Gasteiger partial charge is 0.506 e. The molecule has 0 saturated carbocycles. The highest BCUT2D eigenvalue weighted by Crippen LogP contribution is 2.35. The Labute approximate surface area is 95.0 Å². The molecule has 0 aliphatic carbocycles. The number of fused-ring (bicyclic) bond motifs is 1. The Morgan fingerprint density at radius 1 is 1.33 bits per heavy atom. The molecule has 0 unspecified atom stereocenters. The van der Waals surface area contributed by atoms with Crippen molar-refractivity contribution in [2.45, 2.75) is 4.21 Å². The Bertz CT molecular complexity index is 594. The molecule has 4 nitrogen and oxygen atoms in total. The van der Waals surface area contributed by atoms with E-state index in [0.717, 1.165) is 11.3 Å². The maximum absolute atomic E-state index is 11.1. The van der Waals surface area contributed by atoms with Gasteiger partial charge < -0.3 is 5.11 Å². The quantitative estimate of drug-likeness (QED) is 0.825. The SMILES string of the molecule is NS(=O)(=O)c1cc2cc(Cl)c(O)cc2s1. The van der Waals surface area contributed by atoms with Gasteiger partial charge in [0.25, 0.3) is 0 Å². The number of nitrogens with two attached hydrogens (primary N) is 1. The molecule has 80 valence electrons. The fourth-order valence-corrected chi connectivity index (χ4v) is 3.17. The van der Waals surface area contributed by atoms with Gasteiger partial charge in [-0.25, -0.2) is 13.6 Å². The third kappa shape index (κ3) is 1.93. The summed E-state index contributed by atoms with van der Waals surface area (Å²) in [4.78, 5) is 0. The van der Waals surface area contributed by atoms with E-state index in [1.54, 1.807) is 0 Å². The second kappa shape index (κ2) is 3.34. The van der Waals surface area contributed by atoms with Gasteiger partial charge in [0.1, 0.15) is 9.96 Å². The topological polar surface area (TPSA) is 80.4 Å². The summed E-state index contributed by atoms with van der Waals surface area (Å²) in [6.45, 7) is 0. The van der Waals surface area contributed by atoms with Crippen LogP contribution in [-0.4, -0.2) is 13.5 Å². The molecule has 0 atom stereocenters. The van der Waals surface area contributed by atoms with Gasteiger partial charge >= 0.3 is 0 Å². The molecule has 0 amide bonds. The zero-order chi connectivity index (χ0) is 11.2. The van der Waals surface area contributed by atoms with Crippen molar-refractivity contribution in [2.75, 3.05) is 0 Å². The highest BCUT2D eigenvalue weighted by atomic mass is 35.5. The van der Waals surface area contributed by atoms with Crippen molar-refractivity contribution in [1.82, 2.24) is 0 Å². The van der Waals surface area contributed by atoms with Gasteiger partial charge in [-0.2, -0.15) is 0 Å². The standard InChI is InChI=1S/C8H6ClNO3S2/c9-5-1-4-2-8(15(10,12)13)14-7(4)3-6(5)11/h1-3,11H,(H2,10,12,13). The summed E-state index contributed by atoms with van der Waals surface area (Å²) < 4.78 is 22.8. The van der Waals surface area contributed by atoms with Gasteiger partial charge in [0.2, 0.25) is 10.0 Å². The molecule has 0 aliphatic rings. The average Bonchev–Trinajstić information content (AvgIpc) is 2.47. The van der Waals surface area contributed by atoms with Crippen molar-refractivity contribution in [1.29, 1.82) is 0 Å². The molecule has 1 aromatic carbocycles. The molecule has 0 aliphatic heterocycles. The van der Waals surface area contributed by atoms with Crippen LogP contribution in [0.15, 0.2) is 22.4 Å². The molecule has 0 saturated heterocycles. The van der Waals surface area contributed by atoms with E-state index in [4.69, 9.17) is 16.7 Å². The van der Waals surface area contributed by atoms with Crippen LogP contribution in [0.3, 0.4) is 0 Å². The lowest BCUT2D eigenvalue weighted by atomic mass is 10.2. The predicted molar refractivity (Wildman–Crippen MR) is 59.9 cm³/mol. The van der Waals surface area contributed by atoms with Crippen molar-refractivity contribution in [2.24, 2.45) is 5.14 Å². The molecule has 0 spiro atoms. The van der Waals surface area contributed by atoms with Crippen molar-refractivity contribution < 1.29 is 13.5 Å². The van der Waals surface area contributed by atoms with E-state index in [0.29, 0.717) is 10.1 Å². The number of phenolic OH excluding ortho intramolecular Hbond substituents is 1. The first-order valence-corrected chi connectivity index (χ1v) is 6.57. The zero-order valence-corrected chi connectivity index (χ0v) is 9.66. The molecule has 2 rings (SSSR count). The fraction of sp³-hybridized carbons (Fsp3) is 0. The molecule has 2 aromatic rings. The maximum atomic E-state index is 11.1. The number of hydrogen-bond donors (Lipinski definition) is 2. The maximum Gasteiger partial charge on any atom is 0.247 e. The Morgan fingerprint density at radius 2 is 2.00 bits per heavy atom. The summed E-state index contributed by atoms with van der Waals surface area (Å²) in [5.41, 5.74) is 0.